The first-order valence-electron chi connectivity index (χ1n) is 6.91. The summed E-state index contributed by atoms with van der Waals surface area (Å²) in [4.78, 5) is 0. The van der Waals surface area contributed by atoms with Crippen LogP contribution in [0.15, 0.2) is 0 Å². The van der Waals surface area contributed by atoms with Gasteiger partial charge in [-0.1, -0.05) is 26.7 Å². The molecule has 18 heavy (non-hydrogen) atoms. The maximum atomic E-state index is 9.87. The van der Waals surface area contributed by atoms with Gasteiger partial charge in [-0.3, -0.25) is 0 Å². The summed E-state index contributed by atoms with van der Waals surface area (Å²) in [6.45, 7) is 5.35. The van der Waals surface area contributed by atoms with Crippen LogP contribution in [0, 0.1) is 0 Å². The molecule has 0 aromatic rings. The molecule has 0 saturated carbocycles. The van der Waals surface area contributed by atoms with Crippen LogP contribution in [0.5, 0.6) is 0 Å². The molecular weight excluding hydrogens is 236 g/mol. The van der Waals surface area contributed by atoms with Crippen LogP contribution >= 0.6 is 0 Å². The summed E-state index contributed by atoms with van der Waals surface area (Å²) in [7, 11) is 0. The van der Waals surface area contributed by atoms with Crippen molar-refractivity contribution in [3.05, 3.63) is 0 Å². The highest BCUT2D eigenvalue weighted by Gasteiger charge is 2.40. The molecule has 1 fully saturated rings. The SMILES string of the molecule is CCCCO[C@H]1[C@H](OCCCC)[C@H](O)OC[C@H]1O. The maximum Gasteiger partial charge on any atom is 0.183 e. The molecule has 1 rings (SSSR count). The van der Waals surface area contributed by atoms with Gasteiger partial charge in [0.25, 0.3) is 0 Å². The Kier molecular flexibility index (Phi) is 7.77. The van der Waals surface area contributed by atoms with E-state index in [1.807, 2.05) is 0 Å². The number of ether oxygens (including phenoxy) is 3. The summed E-state index contributed by atoms with van der Waals surface area (Å²) < 4.78 is 16.3. The Morgan fingerprint density at radius 2 is 1.56 bits per heavy atom. The van der Waals surface area contributed by atoms with Crippen LogP contribution in [0.3, 0.4) is 0 Å². The van der Waals surface area contributed by atoms with Crippen molar-refractivity contribution in [1.82, 2.24) is 0 Å². The highest BCUT2D eigenvalue weighted by molar-refractivity contribution is 4.85. The molecule has 4 atom stereocenters. The van der Waals surface area contributed by atoms with E-state index < -0.39 is 24.6 Å². The number of rotatable bonds is 8. The minimum Gasteiger partial charge on any atom is -0.388 e. The molecule has 0 spiro atoms. The van der Waals surface area contributed by atoms with Gasteiger partial charge in [0.1, 0.15) is 18.3 Å². The van der Waals surface area contributed by atoms with E-state index in [0.717, 1.165) is 25.7 Å². The lowest BCUT2D eigenvalue weighted by molar-refractivity contribution is -0.274. The van der Waals surface area contributed by atoms with Gasteiger partial charge in [-0.05, 0) is 12.8 Å². The Morgan fingerprint density at radius 1 is 1.00 bits per heavy atom. The Hall–Kier alpha value is -0.200. The van der Waals surface area contributed by atoms with E-state index in [-0.39, 0.29) is 6.61 Å². The smallest absolute Gasteiger partial charge is 0.183 e. The number of unbranched alkanes of at least 4 members (excludes halogenated alkanes) is 2. The van der Waals surface area contributed by atoms with Crippen LogP contribution in [0.25, 0.3) is 0 Å². The molecule has 5 nitrogen and oxygen atoms in total. The fourth-order valence-corrected chi connectivity index (χ4v) is 1.88. The lowest BCUT2D eigenvalue weighted by Crippen LogP contribution is -2.55. The van der Waals surface area contributed by atoms with Crippen molar-refractivity contribution in [2.75, 3.05) is 19.8 Å². The van der Waals surface area contributed by atoms with Gasteiger partial charge in [0.2, 0.25) is 0 Å². The normalized spacial score (nSPS) is 32.7. The summed E-state index contributed by atoms with van der Waals surface area (Å²) in [5.74, 6) is 0. The molecule has 0 bridgehead atoms. The summed E-state index contributed by atoms with van der Waals surface area (Å²) >= 11 is 0. The van der Waals surface area contributed by atoms with Gasteiger partial charge in [-0.25, -0.2) is 0 Å². The van der Waals surface area contributed by atoms with Gasteiger partial charge >= 0.3 is 0 Å². The molecule has 5 heteroatoms. The van der Waals surface area contributed by atoms with E-state index in [1.54, 1.807) is 0 Å². The van der Waals surface area contributed by atoms with Crippen molar-refractivity contribution < 1.29 is 24.4 Å². The maximum absolute atomic E-state index is 9.87. The van der Waals surface area contributed by atoms with Crippen LogP contribution in [-0.4, -0.2) is 54.6 Å². The number of hydrogen-bond acceptors (Lipinski definition) is 5. The van der Waals surface area contributed by atoms with Crippen LogP contribution in [0.2, 0.25) is 0 Å². The van der Waals surface area contributed by atoms with Gasteiger partial charge in [0, 0.05) is 13.2 Å². The monoisotopic (exact) mass is 262 g/mol. The van der Waals surface area contributed by atoms with E-state index in [1.165, 1.54) is 0 Å². The zero-order chi connectivity index (χ0) is 13.4. The molecule has 108 valence electrons. The zero-order valence-electron chi connectivity index (χ0n) is 11.4. The first kappa shape index (κ1) is 15.9. The molecule has 0 radical (unpaired) electrons. The standard InChI is InChI=1S/C13H26O5/c1-3-5-7-16-11-10(14)9-18-13(15)12(11)17-8-6-4-2/h10-15H,3-9H2,1-2H3/t10-,11-,12+,13-/m1/s1. The average molecular weight is 262 g/mol. The number of aliphatic hydroxyl groups is 2. The molecule has 2 N–H and O–H groups in total. The second-order valence-electron chi connectivity index (χ2n) is 4.67. The third-order valence-electron chi connectivity index (χ3n) is 3.04. The van der Waals surface area contributed by atoms with E-state index in [0.29, 0.717) is 13.2 Å². The van der Waals surface area contributed by atoms with Crippen molar-refractivity contribution in [3.8, 4) is 0 Å². The summed E-state index contributed by atoms with van der Waals surface area (Å²) in [5, 5.41) is 19.6. The Balaban J connectivity index is 2.47. The summed E-state index contributed by atoms with van der Waals surface area (Å²) in [5.41, 5.74) is 0. The summed E-state index contributed by atoms with van der Waals surface area (Å²) in [6.07, 6.45) is 1.04. The fourth-order valence-electron chi connectivity index (χ4n) is 1.88. The highest BCUT2D eigenvalue weighted by Crippen LogP contribution is 2.21. The number of hydrogen-bond donors (Lipinski definition) is 2. The third kappa shape index (κ3) is 4.82. The molecule has 1 aliphatic rings. The second kappa shape index (κ2) is 8.82. The largest absolute Gasteiger partial charge is 0.388 e. The van der Waals surface area contributed by atoms with E-state index in [2.05, 4.69) is 13.8 Å². The van der Waals surface area contributed by atoms with E-state index in [9.17, 15) is 10.2 Å². The van der Waals surface area contributed by atoms with Crippen molar-refractivity contribution >= 4 is 0 Å². The van der Waals surface area contributed by atoms with E-state index >= 15 is 0 Å². The van der Waals surface area contributed by atoms with Gasteiger partial charge in [0.05, 0.1) is 6.61 Å². The van der Waals surface area contributed by atoms with Gasteiger partial charge in [-0.15, -0.1) is 0 Å². The van der Waals surface area contributed by atoms with E-state index in [4.69, 9.17) is 14.2 Å². The zero-order valence-corrected chi connectivity index (χ0v) is 11.4. The fraction of sp³-hybridized carbons (Fsp3) is 1.00. The topological polar surface area (TPSA) is 68.2 Å². The van der Waals surface area contributed by atoms with Crippen molar-refractivity contribution in [1.29, 1.82) is 0 Å². The average Bonchev–Trinajstić information content (AvgIpc) is 2.36. The van der Waals surface area contributed by atoms with Crippen molar-refractivity contribution in [2.24, 2.45) is 0 Å². The molecule has 1 saturated heterocycles. The highest BCUT2D eigenvalue weighted by atomic mass is 16.7. The van der Waals surface area contributed by atoms with Crippen molar-refractivity contribution in [2.45, 2.75) is 64.1 Å². The second-order valence-corrected chi connectivity index (χ2v) is 4.67. The Morgan fingerprint density at radius 3 is 2.11 bits per heavy atom. The minimum atomic E-state index is -1.02. The quantitative estimate of drug-likeness (QED) is 0.640. The Bertz CT molecular complexity index is 190. The molecule has 0 aliphatic carbocycles. The molecule has 1 aliphatic heterocycles. The van der Waals surface area contributed by atoms with Crippen LogP contribution in [-0.2, 0) is 14.2 Å². The third-order valence-corrected chi connectivity index (χ3v) is 3.04. The van der Waals surface area contributed by atoms with Gasteiger partial charge < -0.3 is 24.4 Å². The van der Waals surface area contributed by atoms with Crippen LogP contribution < -0.4 is 0 Å². The van der Waals surface area contributed by atoms with Crippen LogP contribution in [0.1, 0.15) is 39.5 Å². The Labute approximate surface area is 109 Å². The van der Waals surface area contributed by atoms with Gasteiger partial charge in [0.15, 0.2) is 6.29 Å². The molecule has 0 aromatic heterocycles. The predicted octanol–water partition coefficient (Wildman–Crippen LogP) is 1.07. The molecule has 0 unspecified atom stereocenters. The lowest BCUT2D eigenvalue weighted by atomic mass is 10.0. The molecule has 0 amide bonds. The summed E-state index contributed by atoms with van der Waals surface area (Å²) in [6, 6.07) is 0. The number of aliphatic hydroxyl groups excluding tert-OH is 2. The molecule has 1 heterocycles. The molecular formula is C13H26O5. The van der Waals surface area contributed by atoms with Crippen LogP contribution in [0.4, 0.5) is 0 Å². The lowest BCUT2D eigenvalue weighted by Gasteiger charge is -2.38. The first-order chi connectivity index (χ1) is 8.70. The van der Waals surface area contributed by atoms with Gasteiger partial charge in [-0.2, -0.15) is 0 Å². The molecule has 0 aromatic carbocycles. The predicted molar refractivity (Wildman–Crippen MR) is 67.3 cm³/mol. The van der Waals surface area contributed by atoms with Crippen molar-refractivity contribution in [3.63, 3.8) is 0 Å². The first-order valence-corrected chi connectivity index (χ1v) is 6.91. The minimum absolute atomic E-state index is 0.0889.